The Morgan fingerprint density at radius 3 is 2.39 bits per heavy atom. The number of imidazole rings is 1. The largest absolute Gasteiger partial charge is 0.376 e. The Bertz CT molecular complexity index is 1050. The summed E-state index contributed by atoms with van der Waals surface area (Å²) >= 11 is 0. The molecule has 2 aromatic rings. The van der Waals surface area contributed by atoms with Gasteiger partial charge in [0, 0.05) is 36.0 Å². The average molecular weight is 523 g/mol. The smallest absolute Gasteiger partial charge is 0.204 e. The minimum atomic E-state index is 0.134. The number of benzene rings is 1. The zero-order valence-corrected chi connectivity index (χ0v) is 25.5. The quantitative estimate of drug-likeness (QED) is 0.350. The fourth-order valence-electron chi connectivity index (χ4n) is 4.48. The van der Waals surface area contributed by atoms with E-state index in [1.807, 2.05) is 13.8 Å². The number of allylic oxidation sites excluding steroid dienone is 3. The zero-order valence-electron chi connectivity index (χ0n) is 25.5. The van der Waals surface area contributed by atoms with Crippen LogP contribution >= 0.6 is 0 Å². The molecule has 212 valence electrons. The number of aromatic nitrogens is 2. The number of hydrogen-bond acceptors (Lipinski definition) is 5. The molecule has 2 aliphatic heterocycles. The van der Waals surface area contributed by atoms with Crippen molar-refractivity contribution in [1.29, 1.82) is 0 Å². The molecule has 0 unspecified atom stereocenters. The van der Waals surface area contributed by atoms with E-state index >= 15 is 0 Å². The standard InChI is InChI=1S/C27H40N6.C3H8.C2H6/c1-6-27(4,5)21(3)28-19-32-16-14-22(15-17-32)30-26-31-24-12-7-8-13-25(24)33(26)18-23-11-9-10-20(2)29-23;1-3-2;1-2/h7-8,11-13,22,28H,3,6,9-10,14-19H2,1-2,4-5H3,(H,30,31);3H2,1-2H3;1-2H3. The highest BCUT2D eigenvalue weighted by molar-refractivity contribution is 5.84. The van der Waals surface area contributed by atoms with Crippen LogP contribution in [0.1, 0.15) is 93.9 Å². The molecule has 0 saturated carbocycles. The maximum Gasteiger partial charge on any atom is 0.204 e. The first kappa shape index (κ1) is 31.6. The second kappa shape index (κ2) is 15.7. The van der Waals surface area contributed by atoms with E-state index in [0.717, 1.165) is 86.8 Å². The van der Waals surface area contributed by atoms with Gasteiger partial charge in [0.15, 0.2) is 0 Å². The second-order valence-corrected chi connectivity index (χ2v) is 10.9. The number of piperidine rings is 1. The number of likely N-dealkylation sites (tertiary alicyclic amines) is 1. The summed E-state index contributed by atoms with van der Waals surface area (Å²) in [5, 5.41) is 7.33. The van der Waals surface area contributed by atoms with Gasteiger partial charge in [-0.05, 0) is 51.2 Å². The van der Waals surface area contributed by atoms with Crippen molar-refractivity contribution >= 4 is 22.7 Å². The maximum atomic E-state index is 4.94. The Hall–Kier alpha value is -2.60. The highest BCUT2D eigenvalue weighted by Crippen LogP contribution is 2.27. The molecule has 4 rings (SSSR count). The molecular formula is C32H54N6. The van der Waals surface area contributed by atoms with Gasteiger partial charge in [-0.3, -0.25) is 9.89 Å². The number of aliphatic imine (C=N–C) groups is 1. The Balaban J connectivity index is 0.000000947. The SMILES string of the molecule is C=C(NCN1CCC(Nc2nc3ccccc3n2CC2=CCCC(C)=N2)CC1)C(C)(C)CC.CC.CCC. The number of rotatable bonds is 9. The van der Waals surface area contributed by atoms with Crippen LogP contribution in [0.4, 0.5) is 5.95 Å². The van der Waals surface area contributed by atoms with Crippen LogP contribution in [0.2, 0.25) is 0 Å². The Kier molecular flexibility index (Phi) is 13.1. The zero-order chi connectivity index (χ0) is 28.1. The van der Waals surface area contributed by atoms with E-state index in [0.29, 0.717) is 6.04 Å². The van der Waals surface area contributed by atoms with Crippen molar-refractivity contribution in [2.24, 2.45) is 10.4 Å². The summed E-state index contributed by atoms with van der Waals surface area (Å²) in [6, 6.07) is 8.84. The minimum Gasteiger partial charge on any atom is -0.376 e. The van der Waals surface area contributed by atoms with E-state index in [-0.39, 0.29) is 5.41 Å². The predicted octanol–water partition coefficient (Wildman–Crippen LogP) is 7.99. The molecule has 1 aromatic heterocycles. The van der Waals surface area contributed by atoms with Crippen molar-refractivity contribution < 1.29 is 0 Å². The van der Waals surface area contributed by atoms with Gasteiger partial charge in [-0.1, -0.05) is 79.7 Å². The third-order valence-corrected chi connectivity index (χ3v) is 7.33. The molecule has 1 fully saturated rings. The molecule has 2 aliphatic rings. The van der Waals surface area contributed by atoms with Crippen molar-refractivity contribution in [3.63, 3.8) is 0 Å². The molecule has 1 saturated heterocycles. The molecule has 3 heterocycles. The molecule has 0 aliphatic carbocycles. The van der Waals surface area contributed by atoms with Gasteiger partial charge < -0.3 is 15.2 Å². The minimum absolute atomic E-state index is 0.134. The number of fused-ring (bicyclic) bond motifs is 1. The van der Waals surface area contributed by atoms with E-state index < -0.39 is 0 Å². The molecule has 0 bridgehead atoms. The second-order valence-electron chi connectivity index (χ2n) is 10.9. The van der Waals surface area contributed by atoms with E-state index in [1.165, 1.54) is 12.1 Å². The predicted molar refractivity (Wildman–Crippen MR) is 167 cm³/mol. The number of nitrogens with one attached hydrogen (secondary N) is 2. The first-order valence-corrected chi connectivity index (χ1v) is 14.9. The topological polar surface area (TPSA) is 57.5 Å². The van der Waals surface area contributed by atoms with Crippen LogP contribution in [-0.2, 0) is 6.54 Å². The summed E-state index contributed by atoms with van der Waals surface area (Å²) in [7, 11) is 0. The van der Waals surface area contributed by atoms with Gasteiger partial charge in [-0.2, -0.15) is 0 Å². The monoisotopic (exact) mass is 522 g/mol. The number of nitrogens with zero attached hydrogens (tertiary/aromatic N) is 4. The van der Waals surface area contributed by atoms with Crippen molar-refractivity contribution in [2.75, 3.05) is 25.1 Å². The van der Waals surface area contributed by atoms with Crippen LogP contribution < -0.4 is 10.6 Å². The van der Waals surface area contributed by atoms with Crippen molar-refractivity contribution in [1.82, 2.24) is 19.8 Å². The van der Waals surface area contributed by atoms with Crippen LogP contribution in [0.5, 0.6) is 0 Å². The number of para-hydroxylation sites is 2. The van der Waals surface area contributed by atoms with Crippen LogP contribution in [0.3, 0.4) is 0 Å². The van der Waals surface area contributed by atoms with Crippen molar-refractivity contribution in [2.45, 2.75) is 107 Å². The van der Waals surface area contributed by atoms with Crippen LogP contribution in [0.15, 0.2) is 53.3 Å². The fourth-order valence-corrected chi connectivity index (χ4v) is 4.48. The summed E-state index contributed by atoms with van der Waals surface area (Å²) in [4.78, 5) is 12.2. The molecule has 38 heavy (non-hydrogen) atoms. The van der Waals surface area contributed by atoms with Gasteiger partial charge in [0.25, 0.3) is 0 Å². The van der Waals surface area contributed by atoms with Crippen LogP contribution in [-0.4, -0.2) is 46.0 Å². The summed E-state index contributed by atoms with van der Waals surface area (Å²) in [5.74, 6) is 0.963. The Morgan fingerprint density at radius 1 is 1.11 bits per heavy atom. The normalized spacial score (nSPS) is 16.4. The summed E-state index contributed by atoms with van der Waals surface area (Å²) in [6.07, 6.45) is 8.96. The summed E-state index contributed by atoms with van der Waals surface area (Å²) < 4.78 is 2.30. The molecule has 1 aromatic carbocycles. The van der Waals surface area contributed by atoms with Gasteiger partial charge in [0.05, 0.1) is 29.9 Å². The van der Waals surface area contributed by atoms with Gasteiger partial charge in [-0.15, -0.1) is 0 Å². The molecule has 0 spiro atoms. The first-order valence-electron chi connectivity index (χ1n) is 14.9. The molecule has 2 N–H and O–H groups in total. The maximum absolute atomic E-state index is 4.94. The lowest BCUT2D eigenvalue weighted by Crippen LogP contribution is -2.44. The Labute approximate surface area is 232 Å². The van der Waals surface area contributed by atoms with E-state index in [2.05, 4.69) is 98.6 Å². The highest BCUT2D eigenvalue weighted by Gasteiger charge is 2.23. The van der Waals surface area contributed by atoms with Gasteiger partial charge >= 0.3 is 0 Å². The van der Waals surface area contributed by atoms with Gasteiger partial charge in [-0.25, -0.2) is 4.98 Å². The molecule has 0 amide bonds. The number of anilines is 1. The number of hydrogen-bond donors (Lipinski definition) is 2. The van der Waals surface area contributed by atoms with Gasteiger partial charge in [0.2, 0.25) is 5.95 Å². The lowest BCUT2D eigenvalue weighted by atomic mass is 9.87. The first-order chi connectivity index (χ1) is 18.3. The van der Waals surface area contributed by atoms with E-state index in [4.69, 9.17) is 9.98 Å². The van der Waals surface area contributed by atoms with Crippen molar-refractivity contribution in [3.05, 3.63) is 48.3 Å². The third-order valence-electron chi connectivity index (χ3n) is 7.33. The lowest BCUT2D eigenvalue weighted by Gasteiger charge is -2.35. The molecule has 6 nitrogen and oxygen atoms in total. The summed E-state index contributed by atoms with van der Waals surface area (Å²) in [5.41, 5.74) is 5.83. The van der Waals surface area contributed by atoms with Gasteiger partial charge in [0.1, 0.15) is 0 Å². The third kappa shape index (κ3) is 9.00. The van der Waals surface area contributed by atoms with Crippen molar-refractivity contribution in [3.8, 4) is 0 Å². The molecule has 6 heteroatoms. The van der Waals surface area contributed by atoms with E-state index in [1.54, 1.807) is 0 Å². The molecular weight excluding hydrogens is 468 g/mol. The Morgan fingerprint density at radius 2 is 1.76 bits per heavy atom. The highest BCUT2D eigenvalue weighted by atomic mass is 15.3. The lowest BCUT2D eigenvalue weighted by molar-refractivity contribution is 0.203. The summed E-state index contributed by atoms with van der Waals surface area (Å²) in [6.45, 7) is 25.1. The van der Waals surface area contributed by atoms with Crippen LogP contribution in [0, 0.1) is 5.41 Å². The fraction of sp³-hybridized carbons (Fsp3) is 0.625. The molecule has 0 radical (unpaired) electrons. The molecule has 0 atom stereocenters. The average Bonchev–Trinajstić information content (AvgIpc) is 3.26. The van der Waals surface area contributed by atoms with Crippen LogP contribution in [0.25, 0.3) is 11.0 Å². The van der Waals surface area contributed by atoms with E-state index in [9.17, 15) is 0 Å².